The molecule has 0 N–H and O–H groups in total. The number of hydrogen-bond donors (Lipinski definition) is 0. The molecule has 1 nitrogen and oxygen atoms in total. The van der Waals surface area contributed by atoms with Gasteiger partial charge in [-0.05, 0) is 36.8 Å². The summed E-state index contributed by atoms with van der Waals surface area (Å²) in [6, 6.07) is 26.8. The standard InChI is InChI=1S/C22H16ClN/c1-15-11-12-21-17(13-15)14-19(16-7-3-2-4-8-16)22(24-21)18-9-5-6-10-20(18)23/h2-14H,1H3. The van der Waals surface area contributed by atoms with Crippen LogP contribution in [0.15, 0.2) is 78.9 Å². The minimum atomic E-state index is 0.716. The van der Waals surface area contributed by atoms with Gasteiger partial charge in [-0.1, -0.05) is 71.8 Å². The minimum absolute atomic E-state index is 0.716. The Balaban J connectivity index is 2.07. The van der Waals surface area contributed by atoms with Gasteiger partial charge in [0.1, 0.15) is 0 Å². The van der Waals surface area contributed by atoms with Crippen molar-refractivity contribution in [2.45, 2.75) is 6.92 Å². The Morgan fingerprint density at radius 3 is 2.29 bits per heavy atom. The summed E-state index contributed by atoms with van der Waals surface area (Å²) in [6.45, 7) is 2.10. The summed E-state index contributed by atoms with van der Waals surface area (Å²) in [4.78, 5) is 4.94. The second-order valence-electron chi connectivity index (χ2n) is 5.93. The normalized spacial score (nSPS) is 10.9. The number of pyridine rings is 1. The zero-order valence-electron chi connectivity index (χ0n) is 13.3. The van der Waals surface area contributed by atoms with Crippen LogP contribution >= 0.6 is 11.6 Å². The summed E-state index contributed by atoms with van der Waals surface area (Å²) in [5.41, 5.74) is 6.33. The van der Waals surface area contributed by atoms with Gasteiger partial charge in [0.25, 0.3) is 0 Å². The number of halogens is 1. The van der Waals surface area contributed by atoms with Crippen molar-refractivity contribution in [2.24, 2.45) is 0 Å². The van der Waals surface area contributed by atoms with Crippen LogP contribution in [0.2, 0.25) is 5.02 Å². The second kappa shape index (κ2) is 6.10. The van der Waals surface area contributed by atoms with Crippen LogP contribution in [0.25, 0.3) is 33.3 Å². The molecule has 4 aromatic rings. The molecule has 0 saturated carbocycles. The maximum Gasteiger partial charge on any atom is 0.0803 e. The summed E-state index contributed by atoms with van der Waals surface area (Å²) < 4.78 is 0. The highest BCUT2D eigenvalue weighted by atomic mass is 35.5. The minimum Gasteiger partial charge on any atom is -0.247 e. The van der Waals surface area contributed by atoms with E-state index in [9.17, 15) is 0 Å². The number of nitrogens with zero attached hydrogens (tertiary/aromatic N) is 1. The first kappa shape index (κ1) is 14.9. The highest BCUT2D eigenvalue weighted by molar-refractivity contribution is 6.33. The fourth-order valence-electron chi connectivity index (χ4n) is 2.99. The van der Waals surface area contributed by atoms with E-state index in [0.29, 0.717) is 5.02 Å². The van der Waals surface area contributed by atoms with E-state index in [4.69, 9.17) is 16.6 Å². The molecule has 0 saturated heterocycles. The van der Waals surface area contributed by atoms with Gasteiger partial charge in [0.2, 0.25) is 0 Å². The van der Waals surface area contributed by atoms with Crippen LogP contribution in [0.1, 0.15) is 5.56 Å². The van der Waals surface area contributed by atoms with Crippen molar-refractivity contribution < 1.29 is 0 Å². The van der Waals surface area contributed by atoms with Crippen molar-refractivity contribution in [3.8, 4) is 22.4 Å². The molecule has 0 aliphatic carbocycles. The Bertz CT molecular complexity index is 1020. The lowest BCUT2D eigenvalue weighted by Gasteiger charge is -2.13. The van der Waals surface area contributed by atoms with E-state index in [1.807, 2.05) is 42.5 Å². The van der Waals surface area contributed by atoms with Crippen LogP contribution in [-0.2, 0) is 0 Å². The molecule has 0 spiro atoms. The highest BCUT2D eigenvalue weighted by Gasteiger charge is 2.13. The Morgan fingerprint density at radius 2 is 1.50 bits per heavy atom. The average Bonchev–Trinajstić information content (AvgIpc) is 2.62. The van der Waals surface area contributed by atoms with Crippen LogP contribution in [0.5, 0.6) is 0 Å². The molecular weight excluding hydrogens is 314 g/mol. The number of fused-ring (bicyclic) bond motifs is 1. The van der Waals surface area contributed by atoms with Crippen LogP contribution in [0.3, 0.4) is 0 Å². The molecule has 24 heavy (non-hydrogen) atoms. The van der Waals surface area contributed by atoms with Gasteiger partial charge in [0.05, 0.1) is 11.2 Å². The van der Waals surface area contributed by atoms with Crippen molar-refractivity contribution >= 4 is 22.5 Å². The van der Waals surface area contributed by atoms with E-state index in [2.05, 4.69) is 43.3 Å². The van der Waals surface area contributed by atoms with Gasteiger partial charge < -0.3 is 0 Å². The van der Waals surface area contributed by atoms with E-state index in [1.165, 1.54) is 5.56 Å². The van der Waals surface area contributed by atoms with Crippen molar-refractivity contribution in [1.82, 2.24) is 4.98 Å². The molecule has 0 fully saturated rings. The third-order valence-electron chi connectivity index (χ3n) is 4.18. The first-order chi connectivity index (χ1) is 11.7. The first-order valence-corrected chi connectivity index (χ1v) is 8.32. The van der Waals surface area contributed by atoms with E-state index < -0.39 is 0 Å². The zero-order chi connectivity index (χ0) is 16.5. The lowest BCUT2D eigenvalue weighted by atomic mass is 9.97. The number of hydrogen-bond acceptors (Lipinski definition) is 1. The molecule has 1 heterocycles. The molecule has 1 aromatic heterocycles. The third kappa shape index (κ3) is 2.68. The van der Waals surface area contributed by atoms with Gasteiger partial charge in [0, 0.05) is 21.5 Å². The third-order valence-corrected chi connectivity index (χ3v) is 4.51. The SMILES string of the molecule is Cc1ccc2nc(-c3ccccc3Cl)c(-c3ccccc3)cc2c1. The van der Waals surface area contributed by atoms with Crippen molar-refractivity contribution in [3.05, 3.63) is 89.4 Å². The van der Waals surface area contributed by atoms with E-state index in [1.54, 1.807) is 0 Å². The lowest BCUT2D eigenvalue weighted by molar-refractivity contribution is 1.38. The van der Waals surface area contributed by atoms with Crippen molar-refractivity contribution in [3.63, 3.8) is 0 Å². The van der Waals surface area contributed by atoms with Gasteiger partial charge in [0.15, 0.2) is 0 Å². The van der Waals surface area contributed by atoms with Crippen LogP contribution in [0, 0.1) is 6.92 Å². The number of rotatable bonds is 2. The quantitative estimate of drug-likeness (QED) is 0.407. The first-order valence-electron chi connectivity index (χ1n) is 7.94. The molecule has 0 aliphatic heterocycles. The van der Waals surface area contributed by atoms with Crippen LogP contribution < -0.4 is 0 Å². The second-order valence-corrected chi connectivity index (χ2v) is 6.33. The van der Waals surface area contributed by atoms with E-state index in [0.717, 1.165) is 33.3 Å². The summed E-state index contributed by atoms with van der Waals surface area (Å²) in [7, 11) is 0. The highest BCUT2D eigenvalue weighted by Crippen LogP contribution is 2.36. The van der Waals surface area contributed by atoms with Gasteiger partial charge in [-0.25, -0.2) is 4.98 Å². The monoisotopic (exact) mass is 329 g/mol. The Morgan fingerprint density at radius 1 is 0.750 bits per heavy atom. The molecule has 0 unspecified atom stereocenters. The number of aromatic nitrogens is 1. The maximum absolute atomic E-state index is 6.45. The largest absolute Gasteiger partial charge is 0.247 e. The molecule has 116 valence electrons. The summed E-state index contributed by atoms with van der Waals surface area (Å²) in [5.74, 6) is 0. The van der Waals surface area contributed by atoms with Crippen LogP contribution in [-0.4, -0.2) is 4.98 Å². The maximum atomic E-state index is 6.45. The number of aryl methyl sites for hydroxylation is 1. The average molecular weight is 330 g/mol. The topological polar surface area (TPSA) is 12.9 Å². The molecule has 0 amide bonds. The van der Waals surface area contributed by atoms with Gasteiger partial charge in [-0.2, -0.15) is 0 Å². The Kier molecular flexibility index (Phi) is 3.79. The van der Waals surface area contributed by atoms with Gasteiger partial charge >= 0.3 is 0 Å². The molecule has 0 radical (unpaired) electrons. The summed E-state index contributed by atoms with van der Waals surface area (Å²) in [6.07, 6.45) is 0. The van der Waals surface area contributed by atoms with Gasteiger partial charge in [-0.15, -0.1) is 0 Å². The summed E-state index contributed by atoms with van der Waals surface area (Å²) in [5, 5.41) is 1.86. The molecule has 0 atom stereocenters. The van der Waals surface area contributed by atoms with Crippen molar-refractivity contribution in [2.75, 3.05) is 0 Å². The lowest BCUT2D eigenvalue weighted by Crippen LogP contribution is -1.92. The Hall–Kier alpha value is -2.64. The predicted octanol–water partition coefficient (Wildman–Crippen LogP) is 6.53. The van der Waals surface area contributed by atoms with E-state index >= 15 is 0 Å². The fourth-order valence-corrected chi connectivity index (χ4v) is 3.22. The Labute approximate surface area is 146 Å². The molecule has 4 rings (SSSR count). The zero-order valence-corrected chi connectivity index (χ0v) is 14.1. The smallest absolute Gasteiger partial charge is 0.0803 e. The molecule has 0 bridgehead atoms. The molecule has 0 aliphatic rings. The van der Waals surface area contributed by atoms with Crippen LogP contribution in [0.4, 0.5) is 0 Å². The number of benzene rings is 3. The summed E-state index contributed by atoms with van der Waals surface area (Å²) >= 11 is 6.45. The molecule has 3 aromatic carbocycles. The van der Waals surface area contributed by atoms with Crippen molar-refractivity contribution in [1.29, 1.82) is 0 Å². The fraction of sp³-hybridized carbons (Fsp3) is 0.0455. The van der Waals surface area contributed by atoms with E-state index in [-0.39, 0.29) is 0 Å². The molecule has 2 heteroatoms. The van der Waals surface area contributed by atoms with Gasteiger partial charge in [-0.3, -0.25) is 0 Å². The predicted molar refractivity (Wildman–Crippen MR) is 102 cm³/mol. The molecular formula is C22H16ClN.